The predicted octanol–water partition coefficient (Wildman–Crippen LogP) is 2.09. The van der Waals surface area contributed by atoms with Gasteiger partial charge in [-0.1, -0.05) is 24.3 Å². The molecule has 0 bridgehead atoms. The Balaban J connectivity index is 2.17. The first-order chi connectivity index (χ1) is 7.38. The van der Waals surface area contributed by atoms with Crippen LogP contribution >= 0.6 is 0 Å². The van der Waals surface area contributed by atoms with E-state index in [1.807, 2.05) is 30.3 Å². The van der Waals surface area contributed by atoms with Crippen molar-refractivity contribution in [3.63, 3.8) is 0 Å². The lowest BCUT2D eigenvalue weighted by Gasteiger charge is -2.04. The normalized spacial score (nSPS) is 9.67. The van der Waals surface area contributed by atoms with Gasteiger partial charge in [-0.05, 0) is 18.2 Å². The average molecular weight is 200 g/mol. The fourth-order valence-corrected chi connectivity index (χ4v) is 1.16. The SMILES string of the molecule is F[B]c1cccc(Oc2ccccc2)n1. The molecule has 0 saturated heterocycles. The van der Waals surface area contributed by atoms with Gasteiger partial charge in [0.2, 0.25) is 5.88 Å². The van der Waals surface area contributed by atoms with Crippen molar-refractivity contribution in [2.75, 3.05) is 0 Å². The summed E-state index contributed by atoms with van der Waals surface area (Å²) in [6, 6.07) is 14.2. The molecule has 2 nitrogen and oxygen atoms in total. The van der Waals surface area contributed by atoms with Gasteiger partial charge in [-0.3, -0.25) is 0 Å². The van der Waals surface area contributed by atoms with Crippen LogP contribution in [0.5, 0.6) is 11.6 Å². The highest BCUT2D eigenvalue weighted by Gasteiger charge is 2.01. The monoisotopic (exact) mass is 200 g/mol. The number of pyridine rings is 1. The molecule has 4 heteroatoms. The van der Waals surface area contributed by atoms with Crippen molar-refractivity contribution in [2.24, 2.45) is 0 Å². The van der Waals surface area contributed by atoms with Gasteiger partial charge in [0.1, 0.15) is 5.75 Å². The van der Waals surface area contributed by atoms with Gasteiger partial charge >= 0.3 is 7.56 Å². The molecule has 0 spiro atoms. The third-order valence-corrected chi connectivity index (χ3v) is 1.82. The molecular weight excluding hydrogens is 192 g/mol. The van der Waals surface area contributed by atoms with Gasteiger partial charge in [-0.2, -0.15) is 0 Å². The first-order valence-electron chi connectivity index (χ1n) is 4.52. The van der Waals surface area contributed by atoms with Crippen LogP contribution in [0.25, 0.3) is 0 Å². The van der Waals surface area contributed by atoms with E-state index >= 15 is 0 Å². The van der Waals surface area contributed by atoms with E-state index < -0.39 is 0 Å². The molecule has 1 aromatic heterocycles. The predicted molar refractivity (Wildman–Crippen MR) is 57.2 cm³/mol. The van der Waals surface area contributed by atoms with E-state index in [1.165, 1.54) is 0 Å². The van der Waals surface area contributed by atoms with Crippen LogP contribution in [0.1, 0.15) is 0 Å². The molecular formula is C11H8BFNO. The smallest absolute Gasteiger partial charge is 0.411 e. The summed E-state index contributed by atoms with van der Waals surface area (Å²) in [5.41, 5.74) is 0.253. The lowest BCUT2D eigenvalue weighted by atomic mass is 9.99. The minimum Gasteiger partial charge on any atom is -0.439 e. The van der Waals surface area contributed by atoms with E-state index in [1.54, 1.807) is 18.2 Å². The highest BCUT2D eigenvalue weighted by molar-refractivity contribution is 6.44. The molecule has 0 atom stereocenters. The van der Waals surface area contributed by atoms with Crippen LogP contribution < -0.4 is 10.3 Å². The largest absolute Gasteiger partial charge is 0.439 e. The summed E-state index contributed by atoms with van der Waals surface area (Å²) >= 11 is 0. The van der Waals surface area contributed by atoms with Crippen LogP contribution in [-0.4, -0.2) is 12.5 Å². The molecule has 1 aromatic carbocycles. The standard InChI is InChI=1S/C11H8BFNO/c13-12-10-7-4-8-11(14-10)15-9-5-2-1-3-6-9/h1-8H. The van der Waals surface area contributed by atoms with Crippen LogP contribution in [0.2, 0.25) is 0 Å². The molecule has 0 N–H and O–H groups in total. The molecule has 0 aliphatic heterocycles. The quantitative estimate of drug-likeness (QED) is 0.707. The number of para-hydroxylation sites is 1. The minimum atomic E-state index is 0.253. The maximum Gasteiger partial charge on any atom is 0.411 e. The van der Waals surface area contributed by atoms with Gasteiger partial charge in [0.05, 0.1) is 0 Å². The number of hydrogen-bond donors (Lipinski definition) is 0. The van der Waals surface area contributed by atoms with Crippen LogP contribution in [0, 0.1) is 0 Å². The molecule has 2 rings (SSSR count). The third kappa shape index (κ3) is 2.56. The average Bonchev–Trinajstić information content (AvgIpc) is 2.31. The number of rotatable bonds is 3. The van der Waals surface area contributed by atoms with Crippen molar-refractivity contribution in [2.45, 2.75) is 0 Å². The molecule has 0 aliphatic carbocycles. The molecule has 1 radical (unpaired) electrons. The zero-order chi connectivity index (χ0) is 10.5. The Morgan fingerprint density at radius 2 is 1.80 bits per heavy atom. The number of aromatic nitrogens is 1. The Morgan fingerprint density at radius 3 is 2.53 bits per heavy atom. The molecule has 0 aliphatic rings. The fraction of sp³-hybridized carbons (Fsp3) is 0. The second kappa shape index (κ2) is 4.60. The van der Waals surface area contributed by atoms with E-state index in [0.717, 1.165) is 0 Å². The number of nitrogens with zero attached hydrogens (tertiary/aromatic N) is 1. The summed E-state index contributed by atoms with van der Waals surface area (Å²) in [4.78, 5) is 3.93. The van der Waals surface area contributed by atoms with E-state index in [0.29, 0.717) is 19.2 Å². The lowest BCUT2D eigenvalue weighted by molar-refractivity contribution is 0.464. The van der Waals surface area contributed by atoms with E-state index in [9.17, 15) is 4.32 Å². The molecule has 2 aromatic rings. The minimum absolute atomic E-state index is 0.253. The first kappa shape index (κ1) is 9.71. The van der Waals surface area contributed by atoms with Gasteiger partial charge in [0.15, 0.2) is 0 Å². The van der Waals surface area contributed by atoms with Crippen LogP contribution in [-0.2, 0) is 0 Å². The van der Waals surface area contributed by atoms with Crippen molar-refractivity contribution < 1.29 is 9.05 Å². The zero-order valence-corrected chi connectivity index (χ0v) is 7.93. The lowest BCUT2D eigenvalue weighted by Crippen LogP contribution is -2.14. The van der Waals surface area contributed by atoms with Gasteiger partial charge in [0.25, 0.3) is 0 Å². The van der Waals surface area contributed by atoms with Gasteiger partial charge in [0, 0.05) is 11.7 Å². The summed E-state index contributed by atoms with van der Waals surface area (Å²) in [6.45, 7) is 0. The Kier molecular flexibility index (Phi) is 2.97. The summed E-state index contributed by atoms with van der Waals surface area (Å²) in [7, 11) is 0.442. The third-order valence-electron chi connectivity index (χ3n) is 1.82. The highest BCUT2D eigenvalue weighted by Crippen LogP contribution is 2.16. The Labute approximate surface area is 88.0 Å². The van der Waals surface area contributed by atoms with Crippen LogP contribution in [0.15, 0.2) is 48.5 Å². The van der Waals surface area contributed by atoms with E-state index in [2.05, 4.69) is 4.98 Å². The highest BCUT2D eigenvalue weighted by atomic mass is 19.1. The van der Waals surface area contributed by atoms with Crippen molar-refractivity contribution in [1.29, 1.82) is 0 Å². The van der Waals surface area contributed by atoms with Crippen molar-refractivity contribution in [3.8, 4) is 11.6 Å². The number of hydrogen-bond acceptors (Lipinski definition) is 2. The van der Waals surface area contributed by atoms with Gasteiger partial charge < -0.3 is 9.05 Å². The molecule has 0 unspecified atom stereocenters. The Morgan fingerprint density at radius 1 is 1.00 bits per heavy atom. The van der Waals surface area contributed by atoms with E-state index in [4.69, 9.17) is 4.74 Å². The maximum atomic E-state index is 12.2. The second-order valence-corrected chi connectivity index (χ2v) is 2.92. The number of halogens is 1. The Bertz CT molecular complexity index is 436. The van der Waals surface area contributed by atoms with Gasteiger partial charge in [-0.25, -0.2) is 4.98 Å². The molecule has 0 amide bonds. The maximum absolute atomic E-state index is 12.2. The summed E-state index contributed by atoms with van der Waals surface area (Å²) in [5.74, 6) is 1.06. The molecule has 0 fully saturated rings. The van der Waals surface area contributed by atoms with Gasteiger partial charge in [-0.15, -0.1) is 0 Å². The second-order valence-electron chi connectivity index (χ2n) is 2.92. The van der Waals surface area contributed by atoms with Crippen molar-refractivity contribution >= 4 is 13.1 Å². The van der Waals surface area contributed by atoms with Crippen molar-refractivity contribution in [3.05, 3.63) is 48.5 Å². The zero-order valence-electron chi connectivity index (χ0n) is 7.93. The van der Waals surface area contributed by atoms with Crippen LogP contribution in [0.4, 0.5) is 4.32 Å². The fourth-order valence-electron chi connectivity index (χ4n) is 1.16. The molecule has 73 valence electrons. The van der Waals surface area contributed by atoms with Crippen molar-refractivity contribution in [1.82, 2.24) is 4.98 Å². The van der Waals surface area contributed by atoms with Crippen LogP contribution in [0.3, 0.4) is 0 Å². The molecule has 1 heterocycles. The molecule has 15 heavy (non-hydrogen) atoms. The number of benzene rings is 1. The topological polar surface area (TPSA) is 22.1 Å². The number of ether oxygens (including phenoxy) is 1. The molecule has 0 saturated carbocycles. The summed E-state index contributed by atoms with van der Waals surface area (Å²) in [6.07, 6.45) is 0. The summed E-state index contributed by atoms with van der Waals surface area (Å²) < 4.78 is 17.6. The van der Waals surface area contributed by atoms with E-state index in [-0.39, 0.29) is 5.59 Å². The Hall–Kier alpha value is -1.84. The first-order valence-corrected chi connectivity index (χ1v) is 4.52. The summed E-state index contributed by atoms with van der Waals surface area (Å²) in [5, 5.41) is 0.